The second-order valence-electron chi connectivity index (χ2n) is 9.27. The number of piperidine rings is 1. The number of nitrogens with two attached hydrogens (primary N) is 1. The Kier molecular flexibility index (Phi) is 13.1. The Labute approximate surface area is 220 Å². The van der Waals surface area contributed by atoms with Crippen LogP contribution in [0.25, 0.3) is 0 Å². The number of benzene rings is 1. The van der Waals surface area contributed by atoms with E-state index >= 15 is 0 Å². The molecule has 0 saturated carbocycles. The van der Waals surface area contributed by atoms with Crippen LogP contribution in [0, 0.1) is 0 Å². The van der Waals surface area contributed by atoms with Gasteiger partial charge in [0, 0.05) is 51.3 Å². The predicted molar refractivity (Wildman–Crippen MR) is 148 cm³/mol. The molecule has 1 aromatic carbocycles. The van der Waals surface area contributed by atoms with Crippen LogP contribution < -0.4 is 21.3 Å². The molecule has 1 aliphatic rings. The summed E-state index contributed by atoms with van der Waals surface area (Å²) >= 11 is 0. The third kappa shape index (κ3) is 11.0. The van der Waals surface area contributed by atoms with Crippen LogP contribution in [0.4, 0.5) is 23.5 Å². The van der Waals surface area contributed by atoms with E-state index in [1.807, 2.05) is 24.3 Å². The zero-order chi connectivity index (χ0) is 26.1. The summed E-state index contributed by atoms with van der Waals surface area (Å²) in [5.74, 6) is 2.04. The number of rotatable bonds is 18. The molecule has 10 nitrogen and oxygen atoms in total. The number of carbonyl (C=O) groups is 1. The number of nitrogens with zero attached hydrogens (tertiary/aromatic N) is 4. The van der Waals surface area contributed by atoms with Crippen LogP contribution in [0.5, 0.6) is 0 Å². The first-order chi connectivity index (χ1) is 18.2. The molecule has 0 atom stereocenters. The Morgan fingerprint density at radius 2 is 1.68 bits per heavy atom. The highest BCUT2D eigenvalue weighted by molar-refractivity contribution is 5.81. The van der Waals surface area contributed by atoms with Crippen molar-refractivity contribution in [1.82, 2.24) is 15.0 Å². The first-order valence-corrected chi connectivity index (χ1v) is 13.7. The third-order valence-corrected chi connectivity index (χ3v) is 6.07. The molecule has 1 aliphatic heterocycles. The maximum atomic E-state index is 12.3. The maximum absolute atomic E-state index is 12.3. The summed E-state index contributed by atoms with van der Waals surface area (Å²) in [5, 5.41) is 6.65. The van der Waals surface area contributed by atoms with E-state index < -0.39 is 0 Å². The largest absolute Gasteiger partial charge is 0.379 e. The van der Waals surface area contributed by atoms with Crippen molar-refractivity contribution in [3.05, 3.63) is 29.8 Å². The maximum Gasteiger partial charge on any atom is 0.233 e. The molecule has 0 radical (unpaired) electrons. The summed E-state index contributed by atoms with van der Waals surface area (Å²) < 4.78 is 10.7. The van der Waals surface area contributed by atoms with Crippen molar-refractivity contribution in [2.24, 2.45) is 5.73 Å². The first-order valence-electron chi connectivity index (χ1n) is 13.7. The lowest BCUT2D eigenvalue weighted by Gasteiger charge is -2.27. The smallest absolute Gasteiger partial charge is 0.233 e. The fourth-order valence-electron chi connectivity index (χ4n) is 4.04. The van der Waals surface area contributed by atoms with E-state index in [0.29, 0.717) is 70.1 Å². The fourth-order valence-corrected chi connectivity index (χ4v) is 4.04. The molecule has 4 N–H and O–H groups in total. The van der Waals surface area contributed by atoms with Gasteiger partial charge in [0.2, 0.25) is 17.8 Å². The lowest BCUT2D eigenvalue weighted by atomic mass is 10.1. The van der Waals surface area contributed by atoms with Crippen molar-refractivity contribution in [1.29, 1.82) is 0 Å². The lowest BCUT2D eigenvalue weighted by molar-refractivity contribution is -0.118. The minimum absolute atomic E-state index is 0.204. The molecule has 3 rings (SSSR count). The topological polar surface area (TPSA) is 128 Å². The second-order valence-corrected chi connectivity index (χ2v) is 9.27. The van der Waals surface area contributed by atoms with Crippen LogP contribution in [-0.2, 0) is 20.7 Å². The summed E-state index contributed by atoms with van der Waals surface area (Å²) in [5.41, 5.74) is 7.22. The van der Waals surface area contributed by atoms with Crippen molar-refractivity contribution in [2.75, 3.05) is 68.1 Å². The zero-order valence-electron chi connectivity index (χ0n) is 22.2. The highest BCUT2D eigenvalue weighted by Gasteiger charge is 2.16. The standard InChI is InChI=1S/C27H43N7O3/c1-2-3-14-29-25-31-26(33-27(32-25)34-15-5-4-6-16-34)30-23-11-9-22(10-12-23)21-24(35)8-7-17-36-19-20-37-18-13-28/h9-12H,2-8,13-21,28H2,1H3,(H2,29,30,31,32,33). The molecule has 0 aliphatic carbocycles. The van der Waals surface area contributed by atoms with Gasteiger partial charge in [-0.2, -0.15) is 15.0 Å². The van der Waals surface area contributed by atoms with Crippen LogP contribution in [-0.4, -0.2) is 73.3 Å². The number of anilines is 4. The van der Waals surface area contributed by atoms with Gasteiger partial charge in [0.25, 0.3) is 0 Å². The van der Waals surface area contributed by atoms with Gasteiger partial charge >= 0.3 is 0 Å². The van der Waals surface area contributed by atoms with Crippen molar-refractivity contribution in [3.63, 3.8) is 0 Å². The predicted octanol–water partition coefficient (Wildman–Crippen LogP) is 3.70. The van der Waals surface area contributed by atoms with E-state index in [-0.39, 0.29) is 5.78 Å². The molecule has 204 valence electrons. The van der Waals surface area contributed by atoms with Crippen molar-refractivity contribution in [3.8, 4) is 0 Å². The molecule has 1 saturated heterocycles. The van der Waals surface area contributed by atoms with Gasteiger partial charge in [-0.3, -0.25) is 4.79 Å². The minimum Gasteiger partial charge on any atom is -0.379 e. The summed E-state index contributed by atoms with van der Waals surface area (Å²) in [6.07, 6.45) is 7.36. The molecule has 1 fully saturated rings. The minimum atomic E-state index is 0.204. The lowest BCUT2D eigenvalue weighted by Crippen LogP contribution is -2.31. The molecule has 0 spiro atoms. The van der Waals surface area contributed by atoms with Gasteiger partial charge in [0.1, 0.15) is 5.78 Å². The molecule has 0 amide bonds. The molecular weight excluding hydrogens is 470 g/mol. The molecule has 0 unspecified atom stereocenters. The monoisotopic (exact) mass is 513 g/mol. The van der Waals surface area contributed by atoms with Crippen LogP contribution in [0.2, 0.25) is 0 Å². The van der Waals surface area contributed by atoms with Crippen LogP contribution in [0.1, 0.15) is 57.4 Å². The number of nitrogens with one attached hydrogen (secondary N) is 2. The average molecular weight is 514 g/mol. The molecular formula is C27H43N7O3. The van der Waals surface area contributed by atoms with Crippen molar-refractivity contribution >= 4 is 29.3 Å². The number of unbranched alkanes of at least 4 members (excludes halogenated alkanes) is 1. The van der Waals surface area contributed by atoms with E-state index in [2.05, 4.69) is 32.4 Å². The van der Waals surface area contributed by atoms with Gasteiger partial charge in [0.15, 0.2) is 0 Å². The molecule has 37 heavy (non-hydrogen) atoms. The van der Waals surface area contributed by atoms with E-state index in [4.69, 9.17) is 20.2 Å². The zero-order valence-corrected chi connectivity index (χ0v) is 22.2. The molecule has 10 heteroatoms. The summed E-state index contributed by atoms with van der Waals surface area (Å²) in [6.45, 7) is 7.61. The molecule has 2 aromatic rings. The number of ketones is 1. The number of Topliss-reactive ketones (excluding diaryl/α,β-unsaturated/α-hetero) is 1. The third-order valence-electron chi connectivity index (χ3n) is 6.07. The summed E-state index contributed by atoms with van der Waals surface area (Å²) in [4.78, 5) is 28.5. The SMILES string of the molecule is CCCCNc1nc(Nc2ccc(CC(=O)CCCOCCOCCN)cc2)nc(N2CCCCC2)n1. The highest BCUT2D eigenvalue weighted by Crippen LogP contribution is 2.21. The Bertz CT molecular complexity index is 921. The van der Waals surface area contributed by atoms with Gasteiger partial charge in [-0.1, -0.05) is 25.5 Å². The van der Waals surface area contributed by atoms with Crippen LogP contribution in [0.15, 0.2) is 24.3 Å². The quantitative estimate of drug-likeness (QED) is 0.254. The number of hydrogen-bond donors (Lipinski definition) is 3. The van der Waals surface area contributed by atoms with Crippen LogP contribution >= 0.6 is 0 Å². The van der Waals surface area contributed by atoms with Crippen LogP contribution in [0.3, 0.4) is 0 Å². The average Bonchev–Trinajstić information content (AvgIpc) is 2.92. The number of carbonyl (C=O) groups excluding carboxylic acids is 1. The molecule has 2 heterocycles. The summed E-state index contributed by atoms with van der Waals surface area (Å²) in [6, 6.07) is 7.86. The summed E-state index contributed by atoms with van der Waals surface area (Å²) in [7, 11) is 0. The number of aromatic nitrogens is 3. The van der Waals surface area contributed by atoms with Gasteiger partial charge in [-0.15, -0.1) is 0 Å². The van der Waals surface area contributed by atoms with Gasteiger partial charge in [-0.05, 0) is 49.8 Å². The van der Waals surface area contributed by atoms with Crippen molar-refractivity contribution in [2.45, 2.75) is 58.3 Å². The van der Waals surface area contributed by atoms with Gasteiger partial charge < -0.3 is 30.7 Å². The van der Waals surface area contributed by atoms with Crippen molar-refractivity contribution < 1.29 is 14.3 Å². The molecule has 1 aromatic heterocycles. The number of hydrogen-bond acceptors (Lipinski definition) is 10. The highest BCUT2D eigenvalue weighted by atomic mass is 16.5. The Balaban J connectivity index is 1.49. The first kappa shape index (κ1) is 28.7. The van der Waals surface area contributed by atoms with E-state index in [1.54, 1.807) is 0 Å². The second kappa shape index (κ2) is 16.8. The normalized spacial score (nSPS) is 13.5. The Morgan fingerprint density at radius 1 is 0.946 bits per heavy atom. The fraction of sp³-hybridized carbons (Fsp3) is 0.630. The van der Waals surface area contributed by atoms with E-state index in [1.165, 1.54) is 6.42 Å². The molecule has 0 bridgehead atoms. The van der Waals surface area contributed by atoms with Gasteiger partial charge in [-0.25, -0.2) is 0 Å². The Hall–Kier alpha value is -2.82. The Morgan fingerprint density at radius 3 is 2.41 bits per heavy atom. The van der Waals surface area contributed by atoms with Gasteiger partial charge in [0.05, 0.1) is 19.8 Å². The number of ether oxygens (including phenoxy) is 2. The van der Waals surface area contributed by atoms with E-state index in [0.717, 1.165) is 56.6 Å². The van der Waals surface area contributed by atoms with E-state index in [9.17, 15) is 4.79 Å².